The van der Waals surface area contributed by atoms with Crippen LogP contribution in [0.4, 0.5) is 27.6 Å². The van der Waals surface area contributed by atoms with Gasteiger partial charge in [-0.1, -0.05) is 23.7 Å². The molecule has 0 aliphatic carbocycles. The smallest absolute Gasteiger partial charge is 0.416 e. The Morgan fingerprint density at radius 3 is 2.09 bits per heavy atom. The minimum absolute atomic E-state index is 0.0185. The van der Waals surface area contributed by atoms with Crippen molar-refractivity contribution in [2.45, 2.75) is 18.7 Å². The van der Waals surface area contributed by atoms with Gasteiger partial charge in [0.15, 0.2) is 0 Å². The van der Waals surface area contributed by atoms with E-state index >= 15 is 0 Å². The van der Waals surface area contributed by atoms with Crippen molar-refractivity contribution in [2.75, 3.05) is 11.6 Å². The first-order valence-electron chi connectivity index (χ1n) is 9.55. The van der Waals surface area contributed by atoms with Gasteiger partial charge in [-0.15, -0.1) is 0 Å². The van der Waals surface area contributed by atoms with E-state index in [0.717, 1.165) is 17.7 Å². The fourth-order valence-electron chi connectivity index (χ4n) is 3.51. The number of nitrogens with zero attached hydrogens (tertiary/aromatic N) is 2. The van der Waals surface area contributed by atoms with Crippen LogP contribution in [0.1, 0.15) is 22.6 Å². The molecule has 32 heavy (non-hydrogen) atoms. The first-order valence-corrected chi connectivity index (χ1v) is 9.92. The predicted octanol–water partition coefficient (Wildman–Crippen LogP) is 6.97. The number of alkyl halides is 5. The van der Waals surface area contributed by atoms with Crippen molar-refractivity contribution in [2.24, 2.45) is 5.10 Å². The van der Waals surface area contributed by atoms with E-state index in [1.165, 1.54) is 24.3 Å². The highest BCUT2D eigenvalue weighted by Gasteiger charge is 2.32. The SMILES string of the molecule is FC(F)Oc1ccc(C2=NN(c3ccc(C(F)(F)F)cc3)CC2c2ccc(Cl)cc2)cc1. The van der Waals surface area contributed by atoms with Gasteiger partial charge in [-0.3, -0.25) is 5.01 Å². The van der Waals surface area contributed by atoms with Crippen LogP contribution in [0.3, 0.4) is 0 Å². The van der Waals surface area contributed by atoms with Gasteiger partial charge in [-0.2, -0.15) is 27.1 Å². The lowest BCUT2D eigenvalue weighted by atomic mass is 9.90. The average Bonchev–Trinajstić information content (AvgIpc) is 3.19. The van der Waals surface area contributed by atoms with Crippen molar-refractivity contribution >= 4 is 23.0 Å². The molecule has 3 nitrogen and oxygen atoms in total. The maximum absolute atomic E-state index is 12.9. The molecule has 0 saturated heterocycles. The molecule has 0 spiro atoms. The molecule has 1 heterocycles. The molecule has 3 aromatic rings. The van der Waals surface area contributed by atoms with Gasteiger partial charge in [0.05, 0.1) is 23.5 Å². The quantitative estimate of drug-likeness (QED) is 0.379. The van der Waals surface area contributed by atoms with Gasteiger partial charge < -0.3 is 4.74 Å². The minimum atomic E-state index is -4.42. The largest absolute Gasteiger partial charge is 0.435 e. The standard InChI is InChI=1S/C23H16ClF5N2O/c24-17-7-1-14(2-8-17)20-13-31(18-9-5-16(6-10-18)23(27,28)29)30-21(20)15-3-11-19(12-4-15)32-22(25)26/h1-12,20,22H,13H2. The van der Waals surface area contributed by atoms with Crippen LogP contribution in [-0.2, 0) is 6.18 Å². The third kappa shape index (κ3) is 4.85. The molecule has 1 aliphatic rings. The summed E-state index contributed by atoms with van der Waals surface area (Å²) in [5.41, 5.74) is 2.01. The summed E-state index contributed by atoms with van der Waals surface area (Å²) < 4.78 is 68.0. The van der Waals surface area contributed by atoms with Crippen LogP contribution < -0.4 is 9.75 Å². The van der Waals surface area contributed by atoms with Crippen molar-refractivity contribution in [3.63, 3.8) is 0 Å². The maximum Gasteiger partial charge on any atom is 0.416 e. The van der Waals surface area contributed by atoms with Gasteiger partial charge >= 0.3 is 12.8 Å². The van der Waals surface area contributed by atoms with Crippen LogP contribution in [0.2, 0.25) is 5.02 Å². The highest BCUT2D eigenvalue weighted by Crippen LogP contribution is 2.35. The Kier molecular flexibility index (Phi) is 6.06. The summed E-state index contributed by atoms with van der Waals surface area (Å²) in [5, 5.41) is 6.83. The van der Waals surface area contributed by atoms with Crippen LogP contribution >= 0.6 is 11.6 Å². The Morgan fingerprint density at radius 2 is 1.53 bits per heavy atom. The number of ether oxygens (including phenoxy) is 1. The number of halogens is 6. The second kappa shape index (κ2) is 8.78. The highest BCUT2D eigenvalue weighted by molar-refractivity contribution is 6.30. The molecule has 1 aliphatic heterocycles. The maximum atomic E-state index is 12.9. The van der Waals surface area contributed by atoms with E-state index in [-0.39, 0.29) is 11.7 Å². The van der Waals surface area contributed by atoms with Gasteiger partial charge in [0, 0.05) is 10.9 Å². The van der Waals surface area contributed by atoms with Crippen LogP contribution in [0, 0.1) is 0 Å². The molecule has 0 amide bonds. The number of hydrazone groups is 1. The molecule has 4 rings (SSSR count). The second-order valence-electron chi connectivity index (χ2n) is 7.12. The van der Waals surface area contributed by atoms with E-state index in [4.69, 9.17) is 11.6 Å². The summed E-state index contributed by atoms with van der Waals surface area (Å²) in [6.07, 6.45) is -4.42. The second-order valence-corrected chi connectivity index (χ2v) is 7.56. The molecule has 0 N–H and O–H groups in total. The lowest BCUT2D eigenvalue weighted by Gasteiger charge is -2.17. The number of hydrogen-bond acceptors (Lipinski definition) is 3. The average molecular weight is 467 g/mol. The van der Waals surface area contributed by atoms with Crippen molar-refractivity contribution < 1.29 is 26.7 Å². The monoisotopic (exact) mass is 466 g/mol. The third-order valence-corrected chi connectivity index (χ3v) is 5.31. The van der Waals surface area contributed by atoms with E-state index in [1.54, 1.807) is 29.3 Å². The van der Waals surface area contributed by atoms with Crippen molar-refractivity contribution in [1.82, 2.24) is 0 Å². The zero-order chi connectivity index (χ0) is 22.9. The summed E-state index contributed by atoms with van der Waals surface area (Å²) in [7, 11) is 0. The van der Waals surface area contributed by atoms with E-state index in [0.29, 0.717) is 28.5 Å². The van der Waals surface area contributed by atoms with Gasteiger partial charge in [0.25, 0.3) is 0 Å². The van der Waals surface area contributed by atoms with E-state index in [2.05, 4.69) is 9.84 Å². The first kappa shape index (κ1) is 22.1. The van der Waals surface area contributed by atoms with Crippen LogP contribution in [0.5, 0.6) is 5.75 Å². The van der Waals surface area contributed by atoms with Gasteiger partial charge in [-0.05, 0) is 71.8 Å². The summed E-state index contributed by atoms with van der Waals surface area (Å²) in [6, 6.07) is 18.0. The predicted molar refractivity (Wildman–Crippen MR) is 113 cm³/mol. The zero-order valence-electron chi connectivity index (χ0n) is 16.4. The topological polar surface area (TPSA) is 24.8 Å². The Hall–Kier alpha value is -3.13. The number of rotatable bonds is 5. The van der Waals surface area contributed by atoms with E-state index in [1.807, 2.05) is 12.1 Å². The van der Waals surface area contributed by atoms with Gasteiger partial charge in [0.2, 0.25) is 0 Å². The fourth-order valence-corrected chi connectivity index (χ4v) is 3.64. The summed E-state index contributed by atoms with van der Waals surface area (Å²) >= 11 is 6.00. The lowest BCUT2D eigenvalue weighted by Crippen LogP contribution is -2.18. The lowest BCUT2D eigenvalue weighted by molar-refractivity contribution is -0.137. The van der Waals surface area contributed by atoms with E-state index < -0.39 is 18.4 Å². The Bertz CT molecular complexity index is 1100. The molecule has 0 bridgehead atoms. The number of anilines is 1. The molecular formula is C23H16ClF5N2O. The molecule has 0 fully saturated rings. The molecule has 0 saturated carbocycles. The molecule has 0 aromatic heterocycles. The van der Waals surface area contributed by atoms with Gasteiger partial charge in [-0.25, -0.2) is 0 Å². The molecule has 1 atom stereocenters. The fraction of sp³-hybridized carbons (Fsp3) is 0.174. The van der Waals surface area contributed by atoms with Crippen molar-refractivity contribution in [1.29, 1.82) is 0 Å². The molecular weight excluding hydrogens is 451 g/mol. The van der Waals surface area contributed by atoms with Gasteiger partial charge in [0.1, 0.15) is 5.75 Å². The molecule has 9 heteroatoms. The molecule has 166 valence electrons. The normalized spacial score (nSPS) is 16.4. The summed E-state index contributed by atoms with van der Waals surface area (Å²) in [6.45, 7) is -2.54. The number of benzene rings is 3. The minimum Gasteiger partial charge on any atom is -0.435 e. The summed E-state index contributed by atoms with van der Waals surface area (Å²) in [4.78, 5) is 0. The van der Waals surface area contributed by atoms with Crippen LogP contribution in [0.25, 0.3) is 0 Å². The summed E-state index contributed by atoms with van der Waals surface area (Å²) in [5.74, 6) is -0.193. The molecule has 3 aromatic carbocycles. The molecule has 0 radical (unpaired) electrons. The third-order valence-electron chi connectivity index (χ3n) is 5.05. The van der Waals surface area contributed by atoms with E-state index in [9.17, 15) is 22.0 Å². The van der Waals surface area contributed by atoms with Crippen LogP contribution in [0.15, 0.2) is 77.9 Å². The number of hydrogen-bond donors (Lipinski definition) is 0. The first-order chi connectivity index (χ1) is 15.2. The zero-order valence-corrected chi connectivity index (χ0v) is 17.1. The van der Waals surface area contributed by atoms with Crippen LogP contribution in [-0.4, -0.2) is 18.9 Å². The van der Waals surface area contributed by atoms with Crippen molar-refractivity contribution in [3.8, 4) is 5.75 Å². The highest BCUT2D eigenvalue weighted by atomic mass is 35.5. The molecule has 1 unspecified atom stereocenters. The Morgan fingerprint density at radius 1 is 0.906 bits per heavy atom. The van der Waals surface area contributed by atoms with Crippen molar-refractivity contribution in [3.05, 3.63) is 94.5 Å². The Balaban J connectivity index is 1.68. The Labute approximate surface area is 185 Å².